The van der Waals surface area contributed by atoms with E-state index in [0.29, 0.717) is 0 Å². The molecule has 4 heteroatoms. The zero-order chi connectivity index (χ0) is 6.57. The van der Waals surface area contributed by atoms with Crippen molar-refractivity contribution in [3.63, 3.8) is 0 Å². The van der Waals surface area contributed by atoms with Gasteiger partial charge in [0.2, 0.25) is 0 Å². The molecule has 0 fully saturated rings. The van der Waals surface area contributed by atoms with E-state index in [9.17, 15) is 4.79 Å². The van der Waals surface area contributed by atoms with Crippen LogP contribution < -0.4 is 5.43 Å². The van der Waals surface area contributed by atoms with Crippen LogP contribution in [0.3, 0.4) is 0 Å². The van der Waals surface area contributed by atoms with Gasteiger partial charge in [0.1, 0.15) is 0 Å². The minimum Gasteiger partial charge on any atom is -0.452 e. The number of ether oxygens (including phenoxy) is 1. The molecule has 48 valence electrons. The van der Waals surface area contributed by atoms with Gasteiger partial charge in [-0.05, 0) is 0 Å². The van der Waals surface area contributed by atoms with E-state index >= 15 is 0 Å². The predicted molar refractivity (Wildman–Crippen MR) is 29.2 cm³/mol. The molecule has 1 amide bonds. The fourth-order valence-electron chi connectivity index (χ4n) is 0.228. The van der Waals surface area contributed by atoms with Crippen LogP contribution in [0.15, 0.2) is 0 Å². The van der Waals surface area contributed by atoms with Crippen molar-refractivity contribution in [2.75, 3.05) is 21.2 Å². The van der Waals surface area contributed by atoms with Crippen LogP contribution >= 0.6 is 0 Å². The molecule has 0 saturated carbocycles. The van der Waals surface area contributed by atoms with Crippen molar-refractivity contribution >= 4 is 6.09 Å². The number of rotatable bonds is 1. The summed E-state index contributed by atoms with van der Waals surface area (Å²) in [6, 6.07) is 0. The van der Waals surface area contributed by atoms with E-state index in [-0.39, 0.29) is 0 Å². The van der Waals surface area contributed by atoms with E-state index in [4.69, 9.17) is 0 Å². The zero-order valence-corrected chi connectivity index (χ0v) is 5.26. The average Bonchev–Trinajstić information content (AvgIpc) is 1.65. The molecule has 0 aliphatic heterocycles. The summed E-state index contributed by atoms with van der Waals surface area (Å²) in [7, 11) is 4.73. The monoisotopic (exact) mass is 118 g/mol. The molecule has 0 unspecified atom stereocenters. The molecule has 0 atom stereocenters. The average molecular weight is 118 g/mol. The molecule has 0 aromatic rings. The lowest BCUT2D eigenvalue weighted by Gasteiger charge is -2.08. The summed E-state index contributed by atoms with van der Waals surface area (Å²) in [4.78, 5) is 10.2. The van der Waals surface area contributed by atoms with E-state index in [1.807, 2.05) is 0 Å². The second kappa shape index (κ2) is 3.26. The van der Waals surface area contributed by atoms with Gasteiger partial charge in [0.05, 0.1) is 7.11 Å². The summed E-state index contributed by atoms with van der Waals surface area (Å²) >= 11 is 0. The molecule has 0 bridgehead atoms. The lowest BCUT2D eigenvalue weighted by molar-refractivity contribution is 0.144. The van der Waals surface area contributed by atoms with Crippen molar-refractivity contribution in [2.24, 2.45) is 0 Å². The topological polar surface area (TPSA) is 41.6 Å². The minimum atomic E-state index is -0.449. The molecule has 0 heterocycles. The third-order valence-corrected chi connectivity index (χ3v) is 0.500. The minimum absolute atomic E-state index is 0.449. The van der Waals surface area contributed by atoms with Gasteiger partial charge in [-0.3, -0.25) is 5.43 Å². The molecule has 0 saturated heterocycles. The quantitative estimate of drug-likeness (QED) is 0.485. The van der Waals surface area contributed by atoms with Gasteiger partial charge < -0.3 is 4.74 Å². The Balaban J connectivity index is 3.25. The number of carbonyl (C=O) groups excluding carboxylic acids is 1. The molecule has 0 spiro atoms. The van der Waals surface area contributed by atoms with Crippen LogP contribution in [0, 0.1) is 0 Å². The van der Waals surface area contributed by atoms with Crippen molar-refractivity contribution in [3.05, 3.63) is 0 Å². The number of hydrogen-bond acceptors (Lipinski definition) is 3. The summed E-state index contributed by atoms with van der Waals surface area (Å²) in [6.07, 6.45) is -0.449. The van der Waals surface area contributed by atoms with E-state index in [2.05, 4.69) is 10.2 Å². The van der Waals surface area contributed by atoms with E-state index in [1.165, 1.54) is 12.1 Å². The Labute approximate surface area is 48.4 Å². The highest BCUT2D eigenvalue weighted by molar-refractivity contribution is 5.66. The summed E-state index contributed by atoms with van der Waals surface area (Å²) in [5, 5.41) is 1.51. The normalized spacial score (nSPS) is 9.00. The van der Waals surface area contributed by atoms with Gasteiger partial charge in [-0.1, -0.05) is 0 Å². The number of amides is 1. The van der Waals surface area contributed by atoms with Crippen LogP contribution in [0.4, 0.5) is 4.79 Å². The predicted octanol–water partition coefficient (Wildman–Crippen LogP) is -0.181. The molecular formula is C4H10N2O2. The third-order valence-electron chi connectivity index (χ3n) is 0.500. The summed E-state index contributed by atoms with van der Waals surface area (Å²) < 4.78 is 4.27. The van der Waals surface area contributed by atoms with Crippen LogP contribution in [0.25, 0.3) is 0 Å². The Morgan fingerprint density at radius 1 is 1.62 bits per heavy atom. The van der Waals surface area contributed by atoms with Gasteiger partial charge in [-0.15, -0.1) is 0 Å². The van der Waals surface area contributed by atoms with Crippen LogP contribution in [-0.4, -0.2) is 32.3 Å². The van der Waals surface area contributed by atoms with E-state index in [1.54, 1.807) is 14.1 Å². The highest BCUT2D eigenvalue weighted by Gasteiger charge is 1.95. The molecule has 0 radical (unpaired) electrons. The van der Waals surface area contributed by atoms with E-state index in [0.717, 1.165) is 0 Å². The number of hydrazine groups is 1. The van der Waals surface area contributed by atoms with Crippen LogP contribution in [0.5, 0.6) is 0 Å². The van der Waals surface area contributed by atoms with Crippen LogP contribution in [0.2, 0.25) is 0 Å². The van der Waals surface area contributed by atoms with Crippen molar-refractivity contribution in [3.8, 4) is 0 Å². The van der Waals surface area contributed by atoms with Gasteiger partial charge in [-0.2, -0.15) is 0 Å². The van der Waals surface area contributed by atoms with Gasteiger partial charge >= 0.3 is 6.09 Å². The van der Waals surface area contributed by atoms with Crippen molar-refractivity contribution in [1.29, 1.82) is 0 Å². The van der Waals surface area contributed by atoms with Gasteiger partial charge in [0.25, 0.3) is 0 Å². The molecule has 0 aromatic heterocycles. The molecule has 8 heavy (non-hydrogen) atoms. The molecule has 0 aliphatic carbocycles. The number of nitrogens with one attached hydrogen (secondary N) is 1. The standard InChI is InChI=1S/C4H10N2O2/c1-6(2)5-4(7)8-3/h1-3H3,(H,5,7). The SMILES string of the molecule is COC(=O)NN(C)C. The largest absolute Gasteiger partial charge is 0.452 e. The second-order valence-corrected chi connectivity index (χ2v) is 1.50. The number of methoxy groups -OCH3 is 1. The van der Waals surface area contributed by atoms with Gasteiger partial charge in [0, 0.05) is 14.1 Å². The van der Waals surface area contributed by atoms with Crippen LogP contribution in [-0.2, 0) is 4.74 Å². The molecule has 0 aromatic carbocycles. The van der Waals surface area contributed by atoms with E-state index < -0.39 is 6.09 Å². The van der Waals surface area contributed by atoms with Crippen molar-refractivity contribution in [2.45, 2.75) is 0 Å². The Kier molecular flexibility index (Phi) is 2.95. The number of carbonyl (C=O) groups is 1. The fourth-order valence-corrected chi connectivity index (χ4v) is 0.228. The number of hydrogen-bond donors (Lipinski definition) is 1. The summed E-state index contributed by atoms with van der Waals surface area (Å²) in [5.41, 5.74) is 2.36. The van der Waals surface area contributed by atoms with Gasteiger partial charge in [-0.25, -0.2) is 9.80 Å². The fraction of sp³-hybridized carbons (Fsp3) is 0.750. The molecule has 0 rings (SSSR count). The number of nitrogens with zero attached hydrogens (tertiary/aromatic N) is 1. The Morgan fingerprint density at radius 2 is 2.12 bits per heavy atom. The molecule has 0 aliphatic rings. The summed E-state index contributed by atoms with van der Waals surface area (Å²) in [6.45, 7) is 0. The first-order valence-electron chi connectivity index (χ1n) is 2.18. The van der Waals surface area contributed by atoms with Crippen LogP contribution in [0.1, 0.15) is 0 Å². The van der Waals surface area contributed by atoms with Crippen molar-refractivity contribution in [1.82, 2.24) is 10.4 Å². The Bertz CT molecular complexity index is 82.1. The smallest absolute Gasteiger partial charge is 0.421 e. The Morgan fingerprint density at radius 3 is 2.25 bits per heavy atom. The van der Waals surface area contributed by atoms with Gasteiger partial charge in [0.15, 0.2) is 0 Å². The summed E-state index contributed by atoms with van der Waals surface area (Å²) in [5.74, 6) is 0. The first-order chi connectivity index (χ1) is 3.66. The first-order valence-corrected chi connectivity index (χ1v) is 2.18. The highest BCUT2D eigenvalue weighted by atomic mass is 16.5. The lowest BCUT2D eigenvalue weighted by Crippen LogP contribution is -2.35. The maximum Gasteiger partial charge on any atom is 0.421 e. The molecular weight excluding hydrogens is 108 g/mol. The lowest BCUT2D eigenvalue weighted by atomic mass is 11.1. The van der Waals surface area contributed by atoms with Crippen molar-refractivity contribution < 1.29 is 9.53 Å². The Hall–Kier alpha value is -0.770. The molecule has 4 nitrogen and oxygen atoms in total. The third kappa shape index (κ3) is 3.42. The highest BCUT2D eigenvalue weighted by Crippen LogP contribution is 1.69. The second-order valence-electron chi connectivity index (χ2n) is 1.50. The molecule has 1 N–H and O–H groups in total. The maximum atomic E-state index is 10.2. The maximum absolute atomic E-state index is 10.2. The first kappa shape index (κ1) is 7.23. The zero-order valence-electron chi connectivity index (χ0n) is 5.26.